The number of para-hydroxylation sites is 2. The van der Waals surface area contributed by atoms with Crippen molar-refractivity contribution in [2.24, 2.45) is 5.92 Å². The minimum Gasteiger partial charge on any atom is -0.381 e. The van der Waals surface area contributed by atoms with Crippen LogP contribution >= 0.6 is 0 Å². The third kappa shape index (κ3) is 3.98. The second-order valence-corrected chi connectivity index (χ2v) is 8.11. The summed E-state index contributed by atoms with van der Waals surface area (Å²) >= 11 is 0. The van der Waals surface area contributed by atoms with E-state index in [0.29, 0.717) is 18.0 Å². The number of benzene rings is 1. The Balaban J connectivity index is 1.46. The van der Waals surface area contributed by atoms with Gasteiger partial charge in [-0.25, -0.2) is 4.79 Å². The van der Waals surface area contributed by atoms with E-state index in [4.69, 9.17) is 4.74 Å². The summed E-state index contributed by atoms with van der Waals surface area (Å²) < 4.78 is 5.50. The summed E-state index contributed by atoms with van der Waals surface area (Å²) in [5, 5.41) is 3.21. The highest BCUT2D eigenvalue weighted by molar-refractivity contribution is 5.93. The Labute approximate surface area is 156 Å². The topological polar surface area (TPSA) is 44.8 Å². The molecule has 5 heteroatoms. The molecule has 0 unspecified atom stereocenters. The SMILES string of the molecule is CN(c1ccccc1NC(=O)N(C[C@H]1CCOC1)C1CC1)C1CCCC1. The molecule has 5 nitrogen and oxygen atoms in total. The molecular weight excluding hydrogens is 326 g/mol. The first-order valence-corrected chi connectivity index (χ1v) is 10.2. The molecule has 4 rings (SSSR count). The van der Waals surface area contributed by atoms with Gasteiger partial charge in [0.15, 0.2) is 0 Å². The van der Waals surface area contributed by atoms with Crippen LogP contribution in [0.1, 0.15) is 44.9 Å². The highest BCUT2D eigenvalue weighted by Gasteiger charge is 2.35. The van der Waals surface area contributed by atoms with Crippen LogP contribution in [-0.4, -0.2) is 49.8 Å². The molecule has 2 aliphatic carbocycles. The van der Waals surface area contributed by atoms with Crippen molar-refractivity contribution in [2.75, 3.05) is 37.0 Å². The maximum absolute atomic E-state index is 13.0. The fraction of sp³-hybridized carbons (Fsp3) is 0.667. The van der Waals surface area contributed by atoms with Crippen molar-refractivity contribution in [1.82, 2.24) is 4.90 Å². The highest BCUT2D eigenvalue weighted by Crippen LogP contribution is 2.33. The van der Waals surface area contributed by atoms with Crippen LogP contribution in [0, 0.1) is 5.92 Å². The van der Waals surface area contributed by atoms with Crippen LogP contribution in [0.5, 0.6) is 0 Å². The normalized spacial score (nSPS) is 23.2. The van der Waals surface area contributed by atoms with Gasteiger partial charge in [-0.05, 0) is 44.2 Å². The predicted octanol–water partition coefficient (Wildman–Crippen LogP) is 4.10. The molecule has 0 radical (unpaired) electrons. The van der Waals surface area contributed by atoms with E-state index in [1.165, 1.54) is 25.7 Å². The Kier molecular flexibility index (Phi) is 5.34. The third-order valence-electron chi connectivity index (χ3n) is 6.13. The molecule has 1 aliphatic heterocycles. The Bertz CT molecular complexity index is 619. The predicted molar refractivity (Wildman–Crippen MR) is 105 cm³/mol. The zero-order chi connectivity index (χ0) is 17.9. The number of nitrogens with one attached hydrogen (secondary N) is 1. The summed E-state index contributed by atoms with van der Waals surface area (Å²) in [5.74, 6) is 0.484. The van der Waals surface area contributed by atoms with E-state index in [2.05, 4.69) is 29.4 Å². The summed E-state index contributed by atoms with van der Waals surface area (Å²) in [6, 6.07) is 9.27. The molecule has 1 N–H and O–H groups in total. The van der Waals surface area contributed by atoms with Crippen LogP contribution in [0.25, 0.3) is 0 Å². The van der Waals surface area contributed by atoms with E-state index in [1.807, 2.05) is 17.0 Å². The minimum absolute atomic E-state index is 0.0478. The van der Waals surface area contributed by atoms with Crippen molar-refractivity contribution in [3.05, 3.63) is 24.3 Å². The number of carbonyl (C=O) groups is 1. The van der Waals surface area contributed by atoms with Crippen molar-refractivity contribution < 1.29 is 9.53 Å². The molecule has 0 bridgehead atoms. The Morgan fingerprint density at radius 3 is 2.58 bits per heavy atom. The third-order valence-corrected chi connectivity index (χ3v) is 6.13. The number of carbonyl (C=O) groups excluding carboxylic acids is 1. The minimum atomic E-state index is 0.0478. The summed E-state index contributed by atoms with van der Waals surface area (Å²) in [6.45, 7) is 2.44. The van der Waals surface area contributed by atoms with Gasteiger partial charge >= 0.3 is 6.03 Å². The Morgan fingerprint density at radius 2 is 1.88 bits per heavy atom. The molecular formula is C21H31N3O2. The molecule has 1 aromatic carbocycles. The molecule has 3 fully saturated rings. The van der Waals surface area contributed by atoms with Crippen molar-refractivity contribution in [3.8, 4) is 0 Å². The van der Waals surface area contributed by atoms with E-state index in [-0.39, 0.29) is 6.03 Å². The van der Waals surface area contributed by atoms with Gasteiger partial charge in [0.25, 0.3) is 0 Å². The van der Waals surface area contributed by atoms with Gasteiger partial charge in [-0.3, -0.25) is 0 Å². The van der Waals surface area contributed by atoms with Crippen molar-refractivity contribution >= 4 is 17.4 Å². The molecule has 1 aromatic rings. The van der Waals surface area contributed by atoms with E-state index in [9.17, 15) is 4.79 Å². The van der Waals surface area contributed by atoms with Gasteiger partial charge in [-0.15, -0.1) is 0 Å². The smallest absolute Gasteiger partial charge is 0.322 e. The molecule has 1 saturated heterocycles. The fourth-order valence-electron chi connectivity index (χ4n) is 4.35. The summed E-state index contributed by atoms with van der Waals surface area (Å²) in [6.07, 6.45) is 8.43. The van der Waals surface area contributed by atoms with Crippen LogP contribution in [0.3, 0.4) is 0 Å². The van der Waals surface area contributed by atoms with Crippen LogP contribution in [0.2, 0.25) is 0 Å². The number of rotatable bonds is 6. The number of amides is 2. The number of urea groups is 1. The first-order valence-electron chi connectivity index (χ1n) is 10.2. The van der Waals surface area contributed by atoms with Crippen molar-refractivity contribution in [1.29, 1.82) is 0 Å². The molecule has 0 spiro atoms. The molecule has 142 valence electrons. The monoisotopic (exact) mass is 357 g/mol. The number of nitrogens with zero attached hydrogens (tertiary/aromatic N) is 2. The number of hydrogen-bond donors (Lipinski definition) is 1. The van der Waals surface area contributed by atoms with Gasteiger partial charge < -0.3 is 19.9 Å². The zero-order valence-electron chi connectivity index (χ0n) is 15.8. The Hall–Kier alpha value is -1.75. The lowest BCUT2D eigenvalue weighted by atomic mass is 10.1. The lowest BCUT2D eigenvalue weighted by Crippen LogP contribution is -2.40. The highest BCUT2D eigenvalue weighted by atomic mass is 16.5. The van der Waals surface area contributed by atoms with Crippen molar-refractivity contribution in [3.63, 3.8) is 0 Å². The van der Waals surface area contributed by atoms with E-state index < -0.39 is 0 Å². The lowest BCUT2D eigenvalue weighted by molar-refractivity contribution is 0.167. The standard InChI is InChI=1S/C21H31N3O2/c1-23(17-6-2-3-7-17)20-9-5-4-8-19(20)22-21(25)24(18-10-11-18)14-16-12-13-26-15-16/h4-5,8-9,16-18H,2-3,6-7,10-15H2,1H3,(H,22,25)/t16-/m1/s1. The van der Waals surface area contributed by atoms with Gasteiger partial charge in [0.1, 0.15) is 0 Å². The molecule has 3 aliphatic rings. The molecule has 1 heterocycles. The zero-order valence-corrected chi connectivity index (χ0v) is 15.8. The van der Waals surface area contributed by atoms with Crippen LogP contribution in [-0.2, 0) is 4.74 Å². The van der Waals surface area contributed by atoms with Crippen LogP contribution in [0.15, 0.2) is 24.3 Å². The number of anilines is 2. The Morgan fingerprint density at radius 1 is 1.12 bits per heavy atom. The fourth-order valence-corrected chi connectivity index (χ4v) is 4.35. The van der Waals surface area contributed by atoms with E-state index in [1.54, 1.807) is 0 Å². The van der Waals surface area contributed by atoms with Gasteiger partial charge in [0.05, 0.1) is 18.0 Å². The quantitative estimate of drug-likeness (QED) is 0.834. The number of hydrogen-bond acceptors (Lipinski definition) is 3. The summed E-state index contributed by atoms with van der Waals surface area (Å²) in [4.78, 5) is 17.4. The van der Waals surface area contributed by atoms with Crippen LogP contribution < -0.4 is 10.2 Å². The molecule has 2 amide bonds. The average molecular weight is 357 g/mol. The van der Waals surface area contributed by atoms with Gasteiger partial charge in [-0.1, -0.05) is 25.0 Å². The second kappa shape index (κ2) is 7.87. The molecule has 26 heavy (non-hydrogen) atoms. The van der Waals surface area contributed by atoms with Crippen LogP contribution in [0.4, 0.5) is 16.2 Å². The summed E-state index contributed by atoms with van der Waals surface area (Å²) in [7, 11) is 2.16. The van der Waals surface area contributed by atoms with Gasteiger partial charge in [0, 0.05) is 38.2 Å². The van der Waals surface area contributed by atoms with Crippen molar-refractivity contribution in [2.45, 2.75) is 57.0 Å². The molecule has 1 atom stereocenters. The average Bonchev–Trinajstić information content (AvgIpc) is 3.13. The second-order valence-electron chi connectivity index (χ2n) is 8.11. The maximum Gasteiger partial charge on any atom is 0.322 e. The van der Waals surface area contributed by atoms with Gasteiger partial charge in [0.2, 0.25) is 0 Å². The largest absolute Gasteiger partial charge is 0.381 e. The van der Waals surface area contributed by atoms with E-state index >= 15 is 0 Å². The van der Waals surface area contributed by atoms with E-state index in [0.717, 1.165) is 50.4 Å². The molecule has 2 saturated carbocycles. The lowest BCUT2D eigenvalue weighted by Gasteiger charge is -2.30. The maximum atomic E-state index is 13.0. The number of ether oxygens (including phenoxy) is 1. The summed E-state index contributed by atoms with van der Waals surface area (Å²) in [5.41, 5.74) is 2.06. The first kappa shape index (κ1) is 17.7. The van der Waals surface area contributed by atoms with Gasteiger partial charge in [-0.2, -0.15) is 0 Å². The first-order chi connectivity index (χ1) is 12.7. The molecule has 0 aromatic heterocycles.